The van der Waals surface area contributed by atoms with Gasteiger partial charge in [-0.05, 0) is 24.3 Å². The van der Waals surface area contributed by atoms with Crippen molar-refractivity contribution >= 4 is 34.8 Å². The van der Waals surface area contributed by atoms with E-state index in [0.29, 0.717) is 5.02 Å². The number of hydrogen-bond donors (Lipinski definition) is 1. The summed E-state index contributed by atoms with van der Waals surface area (Å²) in [5.41, 5.74) is -0.807. The molecule has 0 spiro atoms. The molecule has 0 radical (unpaired) electrons. The average Bonchev–Trinajstić information content (AvgIpc) is 2.26. The van der Waals surface area contributed by atoms with E-state index in [1.54, 1.807) is 0 Å². The SMILES string of the molecule is FC(F)(F)c1ccnc(Nc2cc(Cl)cc(Cl)n2)c1. The zero-order chi connectivity index (χ0) is 14.0. The van der Waals surface area contributed by atoms with Gasteiger partial charge in [0.1, 0.15) is 16.8 Å². The Bertz CT molecular complexity index is 582. The molecule has 2 heterocycles. The van der Waals surface area contributed by atoms with Gasteiger partial charge in [0.05, 0.1) is 5.56 Å². The second-order valence-corrected chi connectivity index (χ2v) is 4.37. The second kappa shape index (κ2) is 5.22. The molecule has 0 aliphatic heterocycles. The highest BCUT2D eigenvalue weighted by atomic mass is 35.5. The van der Waals surface area contributed by atoms with Gasteiger partial charge in [-0.2, -0.15) is 13.2 Å². The summed E-state index contributed by atoms with van der Waals surface area (Å²) in [4.78, 5) is 7.64. The summed E-state index contributed by atoms with van der Waals surface area (Å²) in [5, 5.41) is 3.05. The Balaban J connectivity index is 2.28. The van der Waals surface area contributed by atoms with Gasteiger partial charge in [0.2, 0.25) is 0 Å². The minimum Gasteiger partial charge on any atom is -0.325 e. The smallest absolute Gasteiger partial charge is 0.325 e. The molecule has 2 aromatic rings. The third kappa shape index (κ3) is 3.71. The van der Waals surface area contributed by atoms with Gasteiger partial charge in [0.15, 0.2) is 0 Å². The fourth-order valence-electron chi connectivity index (χ4n) is 1.34. The Kier molecular flexibility index (Phi) is 3.82. The molecule has 1 N–H and O–H groups in total. The molecule has 100 valence electrons. The van der Waals surface area contributed by atoms with Crippen molar-refractivity contribution in [1.29, 1.82) is 0 Å². The van der Waals surface area contributed by atoms with E-state index in [4.69, 9.17) is 23.2 Å². The predicted octanol–water partition coefficient (Wildman–Crippen LogP) is 4.55. The average molecular weight is 308 g/mol. The normalized spacial score (nSPS) is 11.4. The highest BCUT2D eigenvalue weighted by molar-refractivity contribution is 6.34. The lowest BCUT2D eigenvalue weighted by Crippen LogP contribution is -2.06. The van der Waals surface area contributed by atoms with E-state index in [-0.39, 0.29) is 16.8 Å². The number of hydrogen-bond acceptors (Lipinski definition) is 3. The van der Waals surface area contributed by atoms with Crippen LogP contribution >= 0.6 is 23.2 Å². The van der Waals surface area contributed by atoms with Crippen molar-refractivity contribution < 1.29 is 13.2 Å². The molecule has 2 aromatic heterocycles. The zero-order valence-corrected chi connectivity index (χ0v) is 10.7. The number of rotatable bonds is 2. The standard InChI is InChI=1S/C11H6Cl2F3N3/c12-7-4-8(13)18-10(5-7)19-9-3-6(1-2-17-9)11(14,15)16/h1-5H,(H,17,18,19). The Labute approximate surface area is 116 Å². The fraction of sp³-hybridized carbons (Fsp3) is 0.0909. The van der Waals surface area contributed by atoms with Crippen LogP contribution in [0, 0.1) is 0 Å². The Morgan fingerprint density at radius 3 is 2.42 bits per heavy atom. The van der Waals surface area contributed by atoms with E-state index in [9.17, 15) is 13.2 Å². The van der Waals surface area contributed by atoms with Crippen molar-refractivity contribution in [3.8, 4) is 0 Å². The molecule has 2 rings (SSSR count). The number of halogens is 5. The Morgan fingerprint density at radius 1 is 1.05 bits per heavy atom. The molecule has 0 saturated carbocycles. The molecule has 19 heavy (non-hydrogen) atoms. The molecular formula is C11H6Cl2F3N3. The van der Waals surface area contributed by atoms with Gasteiger partial charge >= 0.3 is 6.18 Å². The molecular weight excluding hydrogens is 302 g/mol. The van der Waals surface area contributed by atoms with Gasteiger partial charge in [-0.1, -0.05) is 23.2 Å². The maximum atomic E-state index is 12.5. The van der Waals surface area contributed by atoms with Crippen molar-refractivity contribution in [3.63, 3.8) is 0 Å². The summed E-state index contributed by atoms with van der Waals surface area (Å²) in [7, 11) is 0. The number of aromatic nitrogens is 2. The summed E-state index contributed by atoms with van der Waals surface area (Å²) in [6.45, 7) is 0. The molecule has 0 atom stereocenters. The maximum absolute atomic E-state index is 12.5. The molecule has 0 bridgehead atoms. The van der Waals surface area contributed by atoms with Crippen LogP contribution in [-0.4, -0.2) is 9.97 Å². The Morgan fingerprint density at radius 2 is 1.79 bits per heavy atom. The van der Waals surface area contributed by atoms with Crippen LogP contribution in [0.3, 0.4) is 0 Å². The van der Waals surface area contributed by atoms with Crippen molar-refractivity contribution in [2.45, 2.75) is 6.18 Å². The molecule has 0 saturated heterocycles. The van der Waals surface area contributed by atoms with Gasteiger partial charge in [-0.15, -0.1) is 0 Å². The summed E-state index contributed by atoms with van der Waals surface area (Å²) in [5.74, 6) is 0.213. The Hall–Kier alpha value is -1.53. The monoisotopic (exact) mass is 307 g/mol. The lowest BCUT2D eigenvalue weighted by atomic mass is 10.2. The topological polar surface area (TPSA) is 37.8 Å². The first-order valence-electron chi connectivity index (χ1n) is 4.98. The second-order valence-electron chi connectivity index (χ2n) is 3.55. The third-order valence-corrected chi connectivity index (χ3v) is 2.51. The molecule has 0 amide bonds. The van der Waals surface area contributed by atoms with Crippen LogP contribution in [0.25, 0.3) is 0 Å². The molecule has 3 nitrogen and oxygen atoms in total. The molecule has 0 unspecified atom stereocenters. The number of pyridine rings is 2. The largest absolute Gasteiger partial charge is 0.416 e. The first-order valence-corrected chi connectivity index (χ1v) is 5.73. The minimum absolute atomic E-state index is 0.000610. The molecule has 0 aliphatic rings. The van der Waals surface area contributed by atoms with Gasteiger partial charge in [-0.3, -0.25) is 0 Å². The molecule has 8 heteroatoms. The van der Waals surface area contributed by atoms with Crippen molar-refractivity contribution in [1.82, 2.24) is 9.97 Å². The van der Waals surface area contributed by atoms with E-state index in [0.717, 1.165) is 18.3 Å². The van der Waals surface area contributed by atoms with Crippen LogP contribution in [0.4, 0.5) is 24.8 Å². The molecule has 0 aliphatic carbocycles. The van der Waals surface area contributed by atoms with Crippen molar-refractivity contribution in [3.05, 3.63) is 46.2 Å². The highest BCUT2D eigenvalue weighted by Crippen LogP contribution is 2.30. The number of anilines is 2. The lowest BCUT2D eigenvalue weighted by Gasteiger charge is -2.09. The van der Waals surface area contributed by atoms with Gasteiger partial charge in [-0.25, -0.2) is 9.97 Å². The summed E-state index contributed by atoms with van der Waals surface area (Å²) < 4.78 is 37.6. The van der Waals surface area contributed by atoms with Gasteiger partial charge in [0.25, 0.3) is 0 Å². The van der Waals surface area contributed by atoms with Crippen LogP contribution in [0.1, 0.15) is 5.56 Å². The summed E-state index contributed by atoms with van der Waals surface area (Å²) >= 11 is 11.4. The van der Waals surface area contributed by atoms with Crippen LogP contribution in [0.15, 0.2) is 30.5 Å². The fourth-order valence-corrected chi connectivity index (χ4v) is 1.81. The van der Waals surface area contributed by atoms with E-state index in [1.165, 1.54) is 12.1 Å². The van der Waals surface area contributed by atoms with E-state index in [1.807, 2.05) is 0 Å². The van der Waals surface area contributed by atoms with Gasteiger partial charge in [0, 0.05) is 11.2 Å². The summed E-state index contributed by atoms with van der Waals surface area (Å²) in [6, 6.07) is 4.59. The van der Waals surface area contributed by atoms with E-state index in [2.05, 4.69) is 15.3 Å². The number of nitrogens with zero attached hydrogens (tertiary/aromatic N) is 2. The van der Waals surface area contributed by atoms with Gasteiger partial charge < -0.3 is 5.32 Å². The van der Waals surface area contributed by atoms with E-state index >= 15 is 0 Å². The summed E-state index contributed by atoms with van der Waals surface area (Å²) in [6.07, 6.45) is -3.38. The van der Waals surface area contributed by atoms with Crippen molar-refractivity contribution in [2.24, 2.45) is 0 Å². The van der Waals surface area contributed by atoms with Crippen LogP contribution in [0.5, 0.6) is 0 Å². The van der Waals surface area contributed by atoms with Crippen LogP contribution < -0.4 is 5.32 Å². The minimum atomic E-state index is -4.43. The highest BCUT2D eigenvalue weighted by Gasteiger charge is 2.30. The van der Waals surface area contributed by atoms with E-state index < -0.39 is 11.7 Å². The number of alkyl halides is 3. The quantitative estimate of drug-likeness (QED) is 0.827. The van der Waals surface area contributed by atoms with Crippen molar-refractivity contribution in [2.75, 3.05) is 5.32 Å². The first-order chi connectivity index (χ1) is 8.84. The predicted molar refractivity (Wildman–Crippen MR) is 66.8 cm³/mol. The zero-order valence-electron chi connectivity index (χ0n) is 9.17. The maximum Gasteiger partial charge on any atom is 0.416 e. The lowest BCUT2D eigenvalue weighted by molar-refractivity contribution is -0.137. The first kappa shape index (κ1) is 13.9. The van der Waals surface area contributed by atoms with Crippen LogP contribution in [0.2, 0.25) is 10.2 Å². The van der Waals surface area contributed by atoms with Crippen LogP contribution in [-0.2, 0) is 6.18 Å². The molecule has 0 fully saturated rings. The molecule has 0 aromatic carbocycles. The number of nitrogens with one attached hydrogen (secondary N) is 1. The third-order valence-electron chi connectivity index (χ3n) is 2.10.